The molecule has 17 heavy (non-hydrogen) atoms. The van der Waals surface area contributed by atoms with Gasteiger partial charge in [-0.2, -0.15) is 4.98 Å². The molecule has 90 valence electrons. The van der Waals surface area contributed by atoms with Crippen molar-refractivity contribution in [3.05, 3.63) is 35.7 Å². The monoisotopic (exact) mass is 231 g/mol. The lowest BCUT2D eigenvalue weighted by atomic mass is 10.1. The zero-order valence-electron chi connectivity index (χ0n) is 10.5. The Morgan fingerprint density at radius 1 is 1.29 bits per heavy atom. The smallest absolute Gasteiger partial charge is 0.340 e. The van der Waals surface area contributed by atoms with Gasteiger partial charge in [0.25, 0.3) is 0 Å². The number of aryl methyl sites for hydroxylation is 2. The van der Waals surface area contributed by atoms with Crippen molar-refractivity contribution in [2.24, 2.45) is 0 Å². The summed E-state index contributed by atoms with van der Waals surface area (Å²) in [5.74, 6) is 0.819. The molecule has 0 aliphatic heterocycles. The number of aromatic nitrogens is 3. The highest BCUT2D eigenvalue weighted by molar-refractivity contribution is 5.39. The molecule has 0 aliphatic carbocycles. The highest BCUT2D eigenvalue weighted by Crippen LogP contribution is 2.24. The van der Waals surface area contributed by atoms with E-state index >= 15 is 0 Å². The topological polar surface area (TPSA) is 39.9 Å². The summed E-state index contributed by atoms with van der Waals surface area (Å²) in [6, 6.07) is 6.38. The van der Waals surface area contributed by atoms with Crippen LogP contribution in [0.2, 0.25) is 0 Å². The lowest BCUT2D eigenvalue weighted by molar-refractivity contribution is 0.430. The third-order valence-corrected chi connectivity index (χ3v) is 2.72. The molecule has 0 spiro atoms. The van der Waals surface area contributed by atoms with Gasteiger partial charge in [-0.05, 0) is 37.5 Å². The molecule has 0 fully saturated rings. The fraction of sp³-hybridized carbons (Fsp3) is 0.385. The van der Waals surface area contributed by atoms with Crippen LogP contribution in [0.4, 0.5) is 0 Å². The SMILES string of the molecule is CCCn1cnc(Oc2cccc(C)c2C)n1. The van der Waals surface area contributed by atoms with E-state index in [1.807, 2.05) is 19.1 Å². The molecule has 1 aromatic heterocycles. The Hall–Kier alpha value is -1.84. The molecule has 0 aliphatic rings. The minimum absolute atomic E-state index is 0.409. The van der Waals surface area contributed by atoms with Gasteiger partial charge in [0.15, 0.2) is 0 Å². The number of ether oxygens (including phenoxy) is 1. The van der Waals surface area contributed by atoms with Crippen LogP contribution in [0, 0.1) is 13.8 Å². The van der Waals surface area contributed by atoms with E-state index in [2.05, 4.69) is 30.0 Å². The van der Waals surface area contributed by atoms with Gasteiger partial charge < -0.3 is 4.74 Å². The summed E-state index contributed by atoms with van der Waals surface area (Å²) >= 11 is 0. The third-order valence-electron chi connectivity index (χ3n) is 2.72. The van der Waals surface area contributed by atoms with E-state index in [4.69, 9.17) is 4.74 Å². The average molecular weight is 231 g/mol. The summed E-state index contributed by atoms with van der Waals surface area (Å²) in [5, 5.41) is 4.25. The number of hydrogen-bond donors (Lipinski definition) is 0. The van der Waals surface area contributed by atoms with Crippen LogP contribution in [0.3, 0.4) is 0 Å². The Labute approximate surface area is 101 Å². The van der Waals surface area contributed by atoms with Crippen LogP contribution in [-0.4, -0.2) is 14.8 Å². The zero-order valence-corrected chi connectivity index (χ0v) is 10.5. The predicted molar refractivity (Wildman–Crippen MR) is 66.3 cm³/mol. The van der Waals surface area contributed by atoms with E-state index in [0.29, 0.717) is 6.01 Å². The first kappa shape index (κ1) is 11.6. The van der Waals surface area contributed by atoms with E-state index in [9.17, 15) is 0 Å². The van der Waals surface area contributed by atoms with Crippen LogP contribution in [0.1, 0.15) is 24.5 Å². The zero-order chi connectivity index (χ0) is 12.3. The van der Waals surface area contributed by atoms with E-state index in [0.717, 1.165) is 24.3 Å². The molecule has 0 saturated carbocycles. The predicted octanol–water partition coefficient (Wildman–Crippen LogP) is 3.10. The van der Waals surface area contributed by atoms with Crippen molar-refractivity contribution in [2.45, 2.75) is 33.7 Å². The summed E-state index contributed by atoms with van der Waals surface area (Å²) in [6.07, 6.45) is 2.73. The minimum atomic E-state index is 0.409. The van der Waals surface area contributed by atoms with Crippen molar-refractivity contribution in [3.8, 4) is 11.8 Å². The second kappa shape index (κ2) is 4.99. The summed E-state index contributed by atoms with van der Waals surface area (Å²) in [5.41, 5.74) is 2.33. The Bertz CT molecular complexity index is 505. The molecule has 2 aromatic rings. The standard InChI is InChI=1S/C13H17N3O/c1-4-8-16-9-14-13(15-16)17-12-7-5-6-10(2)11(12)3/h5-7,9H,4,8H2,1-3H3. The van der Waals surface area contributed by atoms with Gasteiger partial charge in [-0.15, -0.1) is 5.10 Å². The molecule has 0 unspecified atom stereocenters. The first-order chi connectivity index (χ1) is 8.20. The van der Waals surface area contributed by atoms with Gasteiger partial charge in [-0.25, -0.2) is 4.68 Å². The van der Waals surface area contributed by atoms with E-state index in [1.54, 1.807) is 11.0 Å². The number of rotatable bonds is 4. The van der Waals surface area contributed by atoms with Crippen LogP contribution >= 0.6 is 0 Å². The second-order valence-electron chi connectivity index (χ2n) is 4.09. The van der Waals surface area contributed by atoms with Gasteiger partial charge in [-0.3, -0.25) is 0 Å². The summed E-state index contributed by atoms with van der Waals surface area (Å²) in [4.78, 5) is 4.13. The Kier molecular flexibility index (Phi) is 3.42. The highest BCUT2D eigenvalue weighted by Gasteiger charge is 2.06. The maximum absolute atomic E-state index is 5.67. The molecule has 1 aromatic carbocycles. The lowest BCUT2D eigenvalue weighted by Crippen LogP contribution is -1.97. The Balaban J connectivity index is 2.16. The maximum Gasteiger partial charge on any atom is 0.340 e. The normalized spacial score (nSPS) is 10.5. The van der Waals surface area contributed by atoms with Crippen LogP contribution < -0.4 is 4.74 Å². The first-order valence-electron chi connectivity index (χ1n) is 5.84. The van der Waals surface area contributed by atoms with Crippen LogP contribution in [0.15, 0.2) is 24.5 Å². The molecule has 0 amide bonds. The van der Waals surface area contributed by atoms with Crippen molar-refractivity contribution in [2.75, 3.05) is 0 Å². The van der Waals surface area contributed by atoms with Crippen LogP contribution in [0.5, 0.6) is 11.8 Å². The van der Waals surface area contributed by atoms with Gasteiger partial charge in [0.1, 0.15) is 12.1 Å². The largest absolute Gasteiger partial charge is 0.423 e. The van der Waals surface area contributed by atoms with Gasteiger partial charge in [-0.1, -0.05) is 19.1 Å². The highest BCUT2D eigenvalue weighted by atomic mass is 16.5. The molecule has 0 N–H and O–H groups in total. The Morgan fingerprint density at radius 3 is 2.88 bits per heavy atom. The van der Waals surface area contributed by atoms with E-state index in [-0.39, 0.29) is 0 Å². The van der Waals surface area contributed by atoms with Gasteiger partial charge in [0.2, 0.25) is 0 Å². The maximum atomic E-state index is 5.67. The molecule has 0 saturated heterocycles. The van der Waals surface area contributed by atoms with Crippen molar-refractivity contribution in [1.82, 2.24) is 14.8 Å². The second-order valence-corrected chi connectivity index (χ2v) is 4.09. The first-order valence-corrected chi connectivity index (χ1v) is 5.84. The third kappa shape index (κ3) is 2.64. The molecular formula is C13H17N3O. The number of benzene rings is 1. The Morgan fingerprint density at radius 2 is 2.12 bits per heavy atom. The van der Waals surface area contributed by atoms with Crippen molar-refractivity contribution >= 4 is 0 Å². The van der Waals surface area contributed by atoms with Crippen molar-refractivity contribution < 1.29 is 4.74 Å². The molecular weight excluding hydrogens is 214 g/mol. The van der Waals surface area contributed by atoms with E-state index < -0.39 is 0 Å². The van der Waals surface area contributed by atoms with E-state index in [1.165, 1.54) is 5.56 Å². The average Bonchev–Trinajstić information content (AvgIpc) is 2.73. The lowest BCUT2D eigenvalue weighted by Gasteiger charge is -2.06. The molecule has 1 heterocycles. The van der Waals surface area contributed by atoms with Gasteiger partial charge >= 0.3 is 6.01 Å². The molecule has 2 rings (SSSR count). The quantitative estimate of drug-likeness (QED) is 0.811. The van der Waals surface area contributed by atoms with Crippen LogP contribution in [-0.2, 0) is 6.54 Å². The van der Waals surface area contributed by atoms with Crippen molar-refractivity contribution in [1.29, 1.82) is 0 Å². The molecule has 0 bridgehead atoms. The fourth-order valence-electron chi connectivity index (χ4n) is 1.59. The van der Waals surface area contributed by atoms with Crippen molar-refractivity contribution in [3.63, 3.8) is 0 Å². The molecule has 4 heteroatoms. The number of hydrogen-bond acceptors (Lipinski definition) is 3. The number of nitrogens with zero attached hydrogens (tertiary/aromatic N) is 3. The minimum Gasteiger partial charge on any atom is -0.423 e. The summed E-state index contributed by atoms with van der Waals surface area (Å²) < 4.78 is 7.47. The molecule has 4 nitrogen and oxygen atoms in total. The molecule has 0 radical (unpaired) electrons. The van der Waals surface area contributed by atoms with Gasteiger partial charge in [0, 0.05) is 6.54 Å². The summed E-state index contributed by atoms with van der Waals surface area (Å²) in [7, 11) is 0. The molecule has 0 atom stereocenters. The summed E-state index contributed by atoms with van der Waals surface area (Å²) in [6.45, 7) is 7.06. The fourth-order valence-corrected chi connectivity index (χ4v) is 1.59. The van der Waals surface area contributed by atoms with Crippen LogP contribution in [0.25, 0.3) is 0 Å². The van der Waals surface area contributed by atoms with Gasteiger partial charge in [0.05, 0.1) is 0 Å².